The van der Waals surface area contributed by atoms with Gasteiger partial charge in [0.05, 0.1) is 22.3 Å². The van der Waals surface area contributed by atoms with Crippen molar-refractivity contribution in [2.75, 3.05) is 18.1 Å². The number of sulfone groups is 1. The molecule has 2 rings (SSSR count). The summed E-state index contributed by atoms with van der Waals surface area (Å²) in [7, 11) is -1.64. The van der Waals surface area contributed by atoms with Crippen molar-refractivity contribution in [2.24, 2.45) is 5.92 Å². The molecule has 1 aliphatic rings. The van der Waals surface area contributed by atoms with E-state index in [0.717, 1.165) is 19.3 Å². The van der Waals surface area contributed by atoms with Gasteiger partial charge in [0.2, 0.25) is 5.91 Å². The zero-order valence-electron chi connectivity index (χ0n) is 12.4. The number of para-hydroxylation sites is 1. The minimum absolute atomic E-state index is 0.0147. The van der Waals surface area contributed by atoms with Gasteiger partial charge >= 0.3 is 0 Å². The second-order valence-corrected chi connectivity index (χ2v) is 7.55. The van der Waals surface area contributed by atoms with Gasteiger partial charge in [-0.2, -0.15) is 0 Å². The number of hydrogen-bond donors (Lipinski definition) is 2. The summed E-state index contributed by atoms with van der Waals surface area (Å²) >= 11 is 0. The van der Waals surface area contributed by atoms with E-state index in [1.165, 1.54) is 0 Å². The van der Waals surface area contributed by atoms with Gasteiger partial charge in [-0.3, -0.25) is 4.79 Å². The largest absolute Gasteiger partial charge is 0.380 e. The Morgan fingerprint density at radius 2 is 2.00 bits per heavy atom. The third kappa shape index (κ3) is 3.37. The van der Waals surface area contributed by atoms with E-state index in [4.69, 9.17) is 0 Å². The van der Waals surface area contributed by atoms with Crippen LogP contribution in [0.1, 0.15) is 26.2 Å². The highest BCUT2D eigenvalue weighted by atomic mass is 32.2. The SMILES string of the molecule is CCS(=O)(=O)c1ccccc1N[C@H]1CCC[C@@H]1C(=O)NC. The molecule has 1 aliphatic carbocycles. The lowest BCUT2D eigenvalue weighted by Gasteiger charge is -2.22. The fourth-order valence-corrected chi connectivity index (χ4v) is 3.90. The summed E-state index contributed by atoms with van der Waals surface area (Å²) in [6.07, 6.45) is 2.68. The van der Waals surface area contributed by atoms with Gasteiger partial charge in [-0.1, -0.05) is 25.5 Å². The summed E-state index contributed by atoms with van der Waals surface area (Å²) in [6.45, 7) is 1.63. The number of carbonyl (C=O) groups excluding carboxylic acids is 1. The van der Waals surface area contributed by atoms with Crippen LogP contribution in [-0.2, 0) is 14.6 Å². The van der Waals surface area contributed by atoms with Crippen molar-refractivity contribution in [1.82, 2.24) is 5.32 Å². The van der Waals surface area contributed by atoms with Crippen molar-refractivity contribution in [3.63, 3.8) is 0 Å². The Hall–Kier alpha value is -1.56. The normalized spacial score (nSPS) is 22.0. The van der Waals surface area contributed by atoms with Gasteiger partial charge < -0.3 is 10.6 Å². The van der Waals surface area contributed by atoms with Crippen molar-refractivity contribution in [3.05, 3.63) is 24.3 Å². The van der Waals surface area contributed by atoms with E-state index in [1.54, 1.807) is 38.2 Å². The summed E-state index contributed by atoms with van der Waals surface area (Å²) < 4.78 is 24.3. The van der Waals surface area contributed by atoms with Crippen LogP contribution in [0.2, 0.25) is 0 Å². The summed E-state index contributed by atoms with van der Waals surface area (Å²) in [6, 6.07) is 6.89. The maximum Gasteiger partial charge on any atom is 0.224 e. The molecule has 1 amide bonds. The lowest BCUT2D eigenvalue weighted by Crippen LogP contribution is -2.36. The molecule has 0 aromatic heterocycles. The Bertz CT molecular complexity index is 613. The molecule has 0 aliphatic heterocycles. The molecule has 5 nitrogen and oxygen atoms in total. The number of amides is 1. The zero-order valence-corrected chi connectivity index (χ0v) is 13.2. The van der Waals surface area contributed by atoms with Crippen LogP contribution in [0.15, 0.2) is 29.2 Å². The molecule has 1 fully saturated rings. The predicted molar refractivity (Wildman–Crippen MR) is 83.0 cm³/mol. The Kier molecular flexibility index (Phi) is 4.88. The van der Waals surface area contributed by atoms with E-state index in [0.29, 0.717) is 10.6 Å². The van der Waals surface area contributed by atoms with Gasteiger partial charge in [0.15, 0.2) is 9.84 Å². The molecular formula is C15H22N2O3S. The monoisotopic (exact) mass is 310 g/mol. The van der Waals surface area contributed by atoms with Crippen LogP contribution in [0.25, 0.3) is 0 Å². The molecule has 1 saturated carbocycles. The van der Waals surface area contributed by atoms with Crippen LogP contribution in [0.4, 0.5) is 5.69 Å². The molecule has 1 aromatic rings. The number of benzene rings is 1. The molecule has 6 heteroatoms. The fourth-order valence-electron chi connectivity index (χ4n) is 2.84. The molecule has 0 unspecified atom stereocenters. The maximum absolute atomic E-state index is 12.1. The summed E-state index contributed by atoms with van der Waals surface area (Å²) in [5, 5.41) is 5.96. The number of anilines is 1. The first kappa shape index (κ1) is 15.8. The zero-order chi connectivity index (χ0) is 15.5. The number of carbonyl (C=O) groups is 1. The third-order valence-electron chi connectivity index (χ3n) is 4.04. The Balaban J connectivity index is 2.26. The van der Waals surface area contributed by atoms with E-state index < -0.39 is 9.84 Å². The first-order valence-corrected chi connectivity index (χ1v) is 8.94. The van der Waals surface area contributed by atoms with E-state index in [1.807, 2.05) is 0 Å². The molecule has 2 N–H and O–H groups in total. The molecule has 21 heavy (non-hydrogen) atoms. The smallest absolute Gasteiger partial charge is 0.224 e. The molecular weight excluding hydrogens is 288 g/mol. The highest BCUT2D eigenvalue weighted by Crippen LogP contribution is 2.31. The van der Waals surface area contributed by atoms with Crippen LogP contribution in [0.5, 0.6) is 0 Å². The van der Waals surface area contributed by atoms with Gasteiger partial charge in [-0.05, 0) is 25.0 Å². The molecule has 0 bridgehead atoms. The maximum atomic E-state index is 12.1. The average molecular weight is 310 g/mol. The minimum atomic E-state index is -3.28. The van der Waals surface area contributed by atoms with Crippen molar-refractivity contribution in [2.45, 2.75) is 37.1 Å². The standard InChI is InChI=1S/C15H22N2O3S/c1-3-21(19,20)14-10-5-4-8-13(14)17-12-9-6-7-11(12)15(18)16-2/h4-5,8,10-12,17H,3,6-7,9H2,1-2H3,(H,16,18)/t11-,12-/m0/s1. The lowest BCUT2D eigenvalue weighted by atomic mass is 10.0. The van der Waals surface area contributed by atoms with Crippen molar-refractivity contribution in [3.8, 4) is 0 Å². The van der Waals surface area contributed by atoms with E-state index in [9.17, 15) is 13.2 Å². The topological polar surface area (TPSA) is 75.3 Å². The van der Waals surface area contributed by atoms with E-state index in [2.05, 4.69) is 10.6 Å². The van der Waals surface area contributed by atoms with Crippen LogP contribution in [-0.4, -0.2) is 33.2 Å². The number of rotatable bonds is 5. The quantitative estimate of drug-likeness (QED) is 0.869. The molecule has 1 aromatic carbocycles. The number of hydrogen-bond acceptors (Lipinski definition) is 4. The number of nitrogens with one attached hydrogen (secondary N) is 2. The van der Waals surface area contributed by atoms with Gasteiger partial charge in [0, 0.05) is 13.1 Å². The molecule has 0 heterocycles. The Morgan fingerprint density at radius 3 is 2.67 bits per heavy atom. The minimum Gasteiger partial charge on any atom is -0.380 e. The predicted octanol–water partition coefficient (Wildman–Crippen LogP) is 1.81. The Labute approximate surface area is 126 Å². The van der Waals surface area contributed by atoms with Gasteiger partial charge in [0.1, 0.15) is 0 Å². The summed E-state index contributed by atoms with van der Waals surface area (Å²) in [5.41, 5.74) is 0.597. The first-order chi connectivity index (χ1) is 9.99. The van der Waals surface area contributed by atoms with Crippen molar-refractivity contribution >= 4 is 21.4 Å². The van der Waals surface area contributed by atoms with E-state index in [-0.39, 0.29) is 23.6 Å². The molecule has 116 valence electrons. The Morgan fingerprint density at radius 1 is 1.29 bits per heavy atom. The van der Waals surface area contributed by atoms with Gasteiger partial charge in [-0.25, -0.2) is 8.42 Å². The molecule has 0 saturated heterocycles. The highest BCUT2D eigenvalue weighted by molar-refractivity contribution is 7.91. The van der Waals surface area contributed by atoms with E-state index >= 15 is 0 Å². The molecule has 0 radical (unpaired) electrons. The van der Waals surface area contributed by atoms with Gasteiger partial charge in [0.25, 0.3) is 0 Å². The van der Waals surface area contributed by atoms with Crippen LogP contribution < -0.4 is 10.6 Å². The third-order valence-corrected chi connectivity index (χ3v) is 5.83. The van der Waals surface area contributed by atoms with Crippen molar-refractivity contribution in [1.29, 1.82) is 0 Å². The van der Waals surface area contributed by atoms with Crippen LogP contribution in [0, 0.1) is 5.92 Å². The lowest BCUT2D eigenvalue weighted by molar-refractivity contribution is -0.124. The van der Waals surface area contributed by atoms with Crippen molar-refractivity contribution < 1.29 is 13.2 Å². The molecule has 0 spiro atoms. The van der Waals surface area contributed by atoms with Crippen LogP contribution >= 0.6 is 0 Å². The average Bonchev–Trinajstić information content (AvgIpc) is 2.95. The first-order valence-electron chi connectivity index (χ1n) is 7.29. The highest BCUT2D eigenvalue weighted by Gasteiger charge is 2.33. The second kappa shape index (κ2) is 6.47. The fraction of sp³-hybridized carbons (Fsp3) is 0.533. The summed E-state index contributed by atoms with van der Waals surface area (Å²) in [5.74, 6) is -0.0249. The van der Waals surface area contributed by atoms with Gasteiger partial charge in [-0.15, -0.1) is 0 Å². The molecule has 2 atom stereocenters. The van der Waals surface area contributed by atoms with Crippen LogP contribution in [0.3, 0.4) is 0 Å². The summed E-state index contributed by atoms with van der Waals surface area (Å²) in [4.78, 5) is 12.2. The second-order valence-electron chi connectivity index (χ2n) is 5.30.